The number of nitro groups is 1. The molecule has 0 bridgehead atoms. The highest BCUT2D eigenvalue weighted by Crippen LogP contribution is 2.38. The highest BCUT2D eigenvalue weighted by Gasteiger charge is 2.31. The van der Waals surface area contributed by atoms with Crippen LogP contribution in [-0.4, -0.2) is 28.6 Å². The van der Waals surface area contributed by atoms with Crippen molar-refractivity contribution in [3.05, 3.63) is 62.2 Å². The van der Waals surface area contributed by atoms with Gasteiger partial charge in [-0.15, -0.1) is 0 Å². The van der Waals surface area contributed by atoms with E-state index in [0.29, 0.717) is 12.1 Å². The first-order valence-corrected chi connectivity index (χ1v) is 8.50. The Bertz CT molecular complexity index is 1010. The van der Waals surface area contributed by atoms with Crippen molar-refractivity contribution in [3.63, 3.8) is 0 Å². The van der Waals surface area contributed by atoms with E-state index in [1.54, 1.807) is 0 Å². The largest absolute Gasteiger partial charge is 0.477 e. The number of hydrogen-bond donors (Lipinski definition) is 1. The predicted octanol–water partition coefficient (Wildman–Crippen LogP) is 4.86. The van der Waals surface area contributed by atoms with Crippen LogP contribution in [0.2, 0.25) is 5.02 Å². The molecular formula is C18H13ClF3NO7. The number of halogens is 4. The molecule has 30 heavy (non-hydrogen) atoms. The number of alkyl halides is 3. The standard InChI is InChI=1S/C18H13ClF3NO7/c1-9(24)29-5-4-10-6-12(8-13(17(25)26)16(10)23(27)28)30-15-3-2-11(7-14(15)19)18(20,21)22/h2-3,6-8H,4-5H2,1H3,(H,25,26). The summed E-state index contributed by atoms with van der Waals surface area (Å²) in [7, 11) is 0. The molecule has 2 aromatic carbocycles. The molecule has 2 aromatic rings. The summed E-state index contributed by atoms with van der Waals surface area (Å²) in [5.74, 6) is -2.70. The molecule has 0 aliphatic heterocycles. The lowest BCUT2D eigenvalue weighted by Gasteiger charge is -2.13. The van der Waals surface area contributed by atoms with Crippen molar-refractivity contribution in [1.82, 2.24) is 0 Å². The third-order valence-corrected chi connectivity index (χ3v) is 4.03. The Morgan fingerprint density at radius 1 is 1.23 bits per heavy atom. The number of carboxylic acids is 1. The maximum absolute atomic E-state index is 12.8. The number of benzene rings is 2. The van der Waals surface area contributed by atoms with Crippen molar-refractivity contribution in [1.29, 1.82) is 0 Å². The van der Waals surface area contributed by atoms with Crippen LogP contribution in [0.15, 0.2) is 30.3 Å². The Labute approximate surface area is 171 Å². The van der Waals surface area contributed by atoms with Crippen LogP contribution in [0.4, 0.5) is 18.9 Å². The summed E-state index contributed by atoms with van der Waals surface area (Å²) >= 11 is 5.82. The number of carboxylic acid groups (broad SMARTS) is 1. The molecule has 0 fully saturated rings. The number of rotatable bonds is 7. The fraction of sp³-hybridized carbons (Fsp3) is 0.222. The topological polar surface area (TPSA) is 116 Å². The zero-order valence-electron chi connectivity index (χ0n) is 15.2. The second-order valence-electron chi connectivity index (χ2n) is 5.88. The number of nitro benzene ring substituents is 1. The molecular weight excluding hydrogens is 435 g/mol. The van der Waals surface area contributed by atoms with Crippen molar-refractivity contribution in [2.24, 2.45) is 0 Å². The minimum Gasteiger partial charge on any atom is -0.477 e. The number of aromatic carboxylic acids is 1. The monoisotopic (exact) mass is 447 g/mol. The van der Waals surface area contributed by atoms with Crippen LogP contribution < -0.4 is 4.74 Å². The van der Waals surface area contributed by atoms with Gasteiger partial charge in [0.1, 0.15) is 17.1 Å². The Hall–Kier alpha value is -3.34. The van der Waals surface area contributed by atoms with Gasteiger partial charge in [-0.25, -0.2) is 4.79 Å². The van der Waals surface area contributed by atoms with Crippen molar-refractivity contribution in [2.75, 3.05) is 6.61 Å². The maximum Gasteiger partial charge on any atom is 0.416 e. The number of esters is 1. The van der Waals surface area contributed by atoms with Gasteiger partial charge in [0.2, 0.25) is 0 Å². The highest BCUT2D eigenvalue weighted by atomic mass is 35.5. The van der Waals surface area contributed by atoms with Crippen LogP contribution >= 0.6 is 11.6 Å². The van der Waals surface area contributed by atoms with Crippen molar-refractivity contribution in [2.45, 2.75) is 19.5 Å². The quantitative estimate of drug-likeness (QED) is 0.366. The fourth-order valence-corrected chi connectivity index (χ4v) is 2.70. The molecule has 8 nitrogen and oxygen atoms in total. The molecule has 0 heterocycles. The number of nitrogens with zero attached hydrogens (tertiary/aromatic N) is 1. The summed E-state index contributed by atoms with van der Waals surface area (Å²) in [4.78, 5) is 32.9. The average molecular weight is 448 g/mol. The number of carbonyl (C=O) groups is 2. The zero-order chi connectivity index (χ0) is 22.6. The second-order valence-corrected chi connectivity index (χ2v) is 6.28. The average Bonchev–Trinajstić information content (AvgIpc) is 2.61. The second kappa shape index (κ2) is 8.99. The summed E-state index contributed by atoms with van der Waals surface area (Å²) in [6.45, 7) is 0.864. The van der Waals surface area contributed by atoms with Crippen molar-refractivity contribution >= 4 is 29.2 Å². The van der Waals surface area contributed by atoms with Crippen molar-refractivity contribution < 1.29 is 42.3 Å². The molecule has 0 atom stereocenters. The Morgan fingerprint density at radius 2 is 1.90 bits per heavy atom. The van der Waals surface area contributed by atoms with Gasteiger partial charge in [-0.05, 0) is 24.3 Å². The van der Waals surface area contributed by atoms with E-state index in [0.717, 1.165) is 25.1 Å². The molecule has 0 aromatic heterocycles. The molecule has 0 unspecified atom stereocenters. The van der Waals surface area contributed by atoms with Crippen molar-refractivity contribution in [3.8, 4) is 11.5 Å². The van der Waals surface area contributed by atoms with Gasteiger partial charge in [0.05, 0.1) is 22.1 Å². The summed E-state index contributed by atoms with van der Waals surface area (Å²) < 4.78 is 48.4. The van der Waals surface area contributed by atoms with Crippen LogP contribution in [0.3, 0.4) is 0 Å². The predicted molar refractivity (Wildman–Crippen MR) is 96.9 cm³/mol. The van der Waals surface area contributed by atoms with Gasteiger partial charge >= 0.3 is 18.1 Å². The van der Waals surface area contributed by atoms with Gasteiger partial charge in [0.25, 0.3) is 5.69 Å². The van der Waals surface area contributed by atoms with Gasteiger partial charge in [0.15, 0.2) is 0 Å². The lowest BCUT2D eigenvalue weighted by Crippen LogP contribution is -2.10. The summed E-state index contributed by atoms with van der Waals surface area (Å²) in [6, 6.07) is 4.26. The van der Waals surface area contributed by atoms with E-state index in [1.165, 1.54) is 0 Å². The summed E-state index contributed by atoms with van der Waals surface area (Å²) in [5, 5.41) is 20.3. The van der Waals surface area contributed by atoms with Gasteiger partial charge in [0, 0.05) is 25.0 Å². The normalized spacial score (nSPS) is 11.1. The van der Waals surface area contributed by atoms with Gasteiger partial charge in [-0.3, -0.25) is 14.9 Å². The Balaban J connectivity index is 2.47. The minimum atomic E-state index is -4.63. The number of ether oxygens (including phenoxy) is 2. The molecule has 0 amide bonds. The van der Waals surface area contributed by atoms with Crippen LogP contribution in [0.5, 0.6) is 11.5 Å². The van der Waals surface area contributed by atoms with Crippen LogP contribution in [0.25, 0.3) is 0 Å². The van der Waals surface area contributed by atoms with Crippen LogP contribution in [0, 0.1) is 10.1 Å². The molecule has 0 spiro atoms. The van der Waals surface area contributed by atoms with E-state index in [4.69, 9.17) is 21.1 Å². The van der Waals surface area contributed by atoms with Gasteiger partial charge < -0.3 is 14.6 Å². The van der Waals surface area contributed by atoms with Crippen LogP contribution in [-0.2, 0) is 22.1 Å². The number of hydrogen-bond acceptors (Lipinski definition) is 6. The van der Waals surface area contributed by atoms with E-state index in [-0.39, 0.29) is 30.1 Å². The van der Waals surface area contributed by atoms with E-state index < -0.39 is 44.9 Å². The molecule has 0 radical (unpaired) electrons. The third-order valence-electron chi connectivity index (χ3n) is 3.74. The summed E-state index contributed by atoms with van der Waals surface area (Å²) in [6.07, 6.45) is -4.83. The number of carbonyl (C=O) groups excluding carboxylic acids is 1. The molecule has 160 valence electrons. The molecule has 0 aliphatic carbocycles. The van der Waals surface area contributed by atoms with Gasteiger partial charge in [-0.2, -0.15) is 13.2 Å². The first-order valence-electron chi connectivity index (χ1n) is 8.12. The summed E-state index contributed by atoms with van der Waals surface area (Å²) in [5.41, 5.74) is -2.56. The Kier molecular flexibility index (Phi) is 6.88. The molecule has 12 heteroatoms. The molecule has 0 aliphatic rings. The maximum atomic E-state index is 12.8. The first-order chi connectivity index (χ1) is 13.9. The van der Waals surface area contributed by atoms with E-state index in [2.05, 4.69) is 0 Å². The zero-order valence-corrected chi connectivity index (χ0v) is 15.9. The molecule has 1 N–H and O–H groups in total. The lowest BCUT2D eigenvalue weighted by atomic mass is 10.0. The van der Waals surface area contributed by atoms with Crippen LogP contribution in [0.1, 0.15) is 28.4 Å². The van der Waals surface area contributed by atoms with E-state index >= 15 is 0 Å². The third kappa shape index (κ3) is 5.60. The highest BCUT2D eigenvalue weighted by molar-refractivity contribution is 6.32. The minimum absolute atomic E-state index is 0.112. The fourth-order valence-electron chi connectivity index (χ4n) is 2.49. The smallest absolute Gasteiger partial charge is 0.416 e. The van der Waals surface area contributed by atoms with E-state index in [9.17, 15) is 38.0 Å². The van der Waals surface area contributed by atoms with Gasteiger partial charge in [-0.1, -0.05) is 11.6 Å². The van der Waals surface area contributed by atoms with E-state index in [1.807, 2.05) is 0 Å². The molecule has 2 rings (SSSR count). The molecule has 0 saturated heterocycles. The SMILES string of the molecule is CC(=O)OCCc1cc(Oc2ccc(C(F)(F)F)cc2Cl)cc(C(=O)O)c1[N+](=O)[O-]. The molecule has 0 saturated carbocycles. The Morgan fingerprint density at radius 3 is 2.40 bits per heavy atom. The first kappa shape index (κ1) is 22.9. The lowest BCUT2D eigenvalue weighted by molar-refractivity contribution is -0.385.